The fourth-order valence-corrected chi connectivity index (χ4v) is 2.00. The van der Waals surface area contributed by atoms with Crippen LogP contribution < -0.4 is 5.32 Å². The lowest BCUT2D eigenvalue weighted by atomic mass is 10.0. The molecule has 0 atom stereocenters. The Labute approximate surface area is 110 Å². The Balaban J connectivity index is 2.50. The van der Waals surface area contributed by atoms with Gasteiger partial charge in [-0.15, -0.1) is 0 Å². The molecule has 0 unspecified atom stereocenters. The first-order valence-corrected chi connectivity index (χ1v) is 5.80. The number of nitro benzene ring substituents is 1. The Hall–Kier alpha value is -2.50. The van der Waals surface area contributed by atoms with Crippen LogP contribution in [0.5, 0.6) is 0 Å². The predicted octanol–water partition coefficient (Wildman–Crippen LogP) is 2.71. The van der Waals surface area contributed by atoms with E-state index in [1.165, 1.54) is 12.1 Å². The van der Waals surface area contributed by atoms with E-state index in [0.29, 0.717) is 5.95 Å². The van der Waals surface area contributed by atoms with Gasteiger partial charge in [0, 0.05) is 24.7 Å². The summed E-state index contributed by atoms with van der Waals surface area (Å²) in [5, 5.41) is 13.5. The molecular weight excluding hydrogens is 244 g/mol. The maximum atomic E-state index is 10.6. The first-order chi connectivity index (χ1) is 9.02. The highest BCUT2D eigenvalue weighted by Crippen LogP contribution is 2.27. The van der Waals surface area contributed by atoms with E-state index in [-0.39, 0.29) is 5.69 Å². The van der Waals surface area contributed by atoms with E-state index in [1.54, 1.807) is 19.2 Å². The lowest BCUT2D eigenvalue weighted by Gasteiger charge is -2.10. The summed E-state index contributed by atoms with van der Waals surface area (Å²) in [6, 6.07) is 6.41. The number of anilines is 1. The molecule has 0 saturated carbocycles. The molecule has 0 bridgehead atoms. The summed E-state index contributed by atoms with van der Waals surface area (Å²) in [5.41, 5.74) is 3.54. The van der Waals surface area contributed by atoms with Crippen molar-refractivity contribution in [2.45, 2.75) is 13.8 Å². The molecule has 0 spiro atoms. The lowest BCUT2D eigenvalue weighted by Crippen LogP contribution is -2.02. The van der Waals surface area contributed by atoms with Gasteiger partial charge in [0.1, 0.15) is 0 Å². The zero-order valence-corrected chi connectivity index (χ0v) is 11.0. The number of nitrogens with one attached hydrogen (secondary N) is 1. The van der Waals surface area contributed by atoms with Gasteiger partial charge in [0.15, 0.2) is 0 Å². The number of aromatic nitrogens is 2. The molecule has 2 rings (SSSR count). The van der Waals surface area contributed by atoms with Crippen LogP contribution in [0.2, 0.25) is 0 Å². The van der Waals surface area contributed by atoms with Crippen LogP contribution in [0.3, 0.4) is 0 Å². The minimum atomic E-state index is -0.413. The van der Waals surface area contributed by atoms with Crippen molar-refractivity contribution in [1.29, 1.82) is 0 Å². The van der Waals surface area contributed by atoms with Crippen molar-refractivity contribution >= 4 is 11.6 Å². The summed E-state index contributed by atoms with van der Waals surface area (Å²) in [4.78, 5) is 18.9. The van der Waals surface area contributed by atoms with Crippen LogP contribution in [0, 0.1) is 24.0 Å². The summed E-state index contributed by atoms with van der Waals surface area (Å²) < 4.78 is 0. The maximum Gasteiger partial charge on any atom is 0.269 e. The minimum Gasteiger partial charge on any atom is -0.357 e. The molecule has 0 amide bonds. The highest BCUT2D eigenvalue weighted by Gasteiger charge is 2.12. The third-order valence-corrected chi connectivity index (χ3v) is 2.86. The Morgan fingerprint density at radius 1 is 1.11 bits per heavy atom. The largest absolute Gasteiger partial charge is 0.357 e. The van der Waals surface area contributed by atoms with Gasteiger partial charge in [0.2, 0.25) is 5.95 Å². The number of hydrogen-bond donors (Lipinski definition) is 1. The van der Waals surface area contributed by atoms with Crippen LogP contribution in [-0.2, 0) is 0 Å². The van der Waals surface area contributed by atoms with E-state index >= 15 is 0 Å². The van der Waals surface area contributed by atoms with E-state index in [4.69, 9.17) is 0 Å². The third kappa shape index (κ3) is 2.52. The summed E-state index contributed by atoms with van der Waals surface area (Å²) in [6.07, 6.45) is 0. The molecule has 0 aliphatic heterocycles. The van der Waals surface area contributed by atoms with Crippen molar-refractivity contribution in [1.82, 2.24) is 9.97 Å². The second-order valence-electron chi connectivity index (χ2n) is 4.15. The fraction of sp³-hybridized carbons (Fsp3) is 0.231. The number of non-ortho nitro benzene ring substituents is 1. The quantitative estimate of drug-likeness (QED) is 0.676. The monoisotopic (exact) mass is 258 g/mol. The highest BCUT2D eigenvalue weighted by atomic mass is 16.6. The molecule has 0 radical (unpaired) electrons. The Morgan fingerprint density at radius 2 is 1.63 bits per heavy atom. The summed E-state index contributed by atoms with van der Waals surface area (Å²) in [5.74, 6) is 0.570. The van der Waals surface area contributed by atoms with Crippen molar-refractivity contribution in [2.24, 2.45) is 0 Å². The second kappa shape index (κ2) is 5.01. The number of benzene rings is 1. The molecule has 0 fully saturated rings. The van der Waals surface area contributed by atoms with Crippen LogP contribution in [-0.4, -0.2) is 21.9 Å². The molecule has 1 N–H and O–H groups in total. The van der Waals surface area contributed by atoms with Crippen molar-refractivity contribution in [3.63, 3.8) is 0 Å². The molecule has 0 saturated heterocycles. The molecular formula is C13H14N4O2. The number of rotatable bonds is 3. The summed E-state index contributed by atoms with van der Waals surface area (Å²) >= 11 is 0. The molecule has 1 aromatic carbocycles. The van der Waals surface area contributed by atoms with Gasteiger partial charge in [-0.2, -0.15) is 0 Å². The smallest absolute Gasteiger partial charge is 0.269 e. The highest BCUT2D eigenvalue weighted by molar-refractivity contribution is 5.69. The van der Waals surface area contributed by atoms with Gasteiger partial charge < -0.3 is 5.32 Å². The van der Waals surface area contributed by atoms with Gasteiger partial charge in [-0.05, 0) is 31.5 Å². The first-order valence-electron chi connectivity index (χ1n) is 5.80. The molecule has 19 heavy (non-hydrogen) atoms. The van der Waals surface area contributed by atoms with Crippen molar-refractivity contribution in [3.05, 3.63) is 45.8 Å². The molecule has 1 heterocycles. The average molecular weight is 258 g/mol. The van der Waals surface area contributed by atoms with E-state index in [9.17, 15) is 10.1 Å². The Morgan fingerprint density at radius 3 is 2.05 bits per heavy atom. The second-order valence-corrected chi connectivity index (χ2v) is 4.15. The van der Waals surface area contributed by atoms with Gasteiger partial charge in [0.25, 0.3) is 5.69 Å². The Kier molecular flexibility index (Phi) is 3.41. The molecule has 6 heteroatoms. The molecule has 0 aliphatic carbocycles. The van der Waals surface area contributed by atoms with Crippen molar-refractivity contribution < 1.29 is 4.92 Å². The SMILES string of the molecule is CNc1nc(C)c(-c2ccc([N+](=O)[O-])cc2)c(C)n1. The number of nitrogens with zero attached hydrogens (tertiary/aromatic N) is 3. The predicted molar refractivity (Wildman–Crippen MR) is 73.1 cm³/mol. The van der Waals surface area contributed by atoms with Crippen LogP contribution in [0.25, 0.3) is 11.1 Å². The average Bonchev–Trinajstić information content (AvgIpc) is 2.38. The summed E-state index contributed by atoms with van der Waals surface area (Å²) in [6.45, 7) is 3.79. The van der Waals surface area contributed by atoms with Gasteiger partial charge in [-0.25, -0.2) is 9.97 Å². The van der Waals surface area contributed by atoms with E-state index in [0.717, 1.165) is 22.5 Å². The minimum absolute atomic E-state index is 0.0758. The number of hydrogen-bond acceptors (Lipinski definition) is 5. The molecule has 6 nitrogen and oxygen atoms in total. The number of aryl methyl sites for hydroxylation is 2. The molecule has 1 aromatic heterocycles. The number of nitro groups is 1. The normalized spacial score (nSPS) is 10.3. The van der Waals surface area contributed by atoms with Crippen LogP contribution >= 0.6 is 0 Å². The first kappa shape index (κ1) is 12.9. The van der Waals surface area contributed by atoms with Gasteiger partial charge in [0.05, 0.1) is 16.3 Å². The zero-order chi connectivity index (χ0) is 14.0. The van der Waals surface area contributed by atoms with Gasteiger partial charge in [-0.1, -0.05) is 0 Å². The molecule has 98 valence electrons. The molecule has 2 aromatic rings. The van der Waals surface area contributed by atoms with Crippen LogP contribution in [0.15, 0.2) is 24.3 Å². The van der Waals surface area contributed by atoms with E-state index < -0.39 is 4.92 Å². The lowest BCUT2D eigenvalue weighted by molar-refractivity contribution is -0.384. The molecule has 0 aliphatic rings. The van der Waals surface area contributed by atoms with Crippen LogP contribution in [0.4, 0.5) is 11.6 Å². The Bertz CT molecular complexity index is 600. The topological polar surface area (TPSA) is 81.0 Å². The zero-order valence-electron chi connectivity index (χ0n) is 11.0. The summed E-state index contributed by atoms with van der Waals surface area (Å²) in [7, 11) is 1.76. The van der Waals surface area contributed by atoms with E-state index in [1.807, 2.05) is 13.8 Å². The van der Waals surface area contributed by atoms with Gasteiger partial charge in [-0.3, -0.25) is 10.1 Å². The van der Waals surface area contributed by atoms with Crippen molar-refractivity contribution in [3.8, 4) is 11.1 Å². The maximum absolute atomic E-state index is 10.6. The fourth-order valence-electron chi connectivity index (χ4n) is 2.00. The van der Waals surface area contributed by atoms with Crippen LogP contribution in [0.1, 0.15) is 11.4 Å². The van der Waals surface area contributed by atoms with E-state index in [2.05, 4.69) is 15.3 Å². The standard InChI is InChI=1S/C13H14N4O2/c1-8-12(9(2)16-13(14-3)15-8)10-4-6-11(7-5-10)17(18)19/h4-7H,1-3H3,(H,14,15,16). The third-order valence-electron chi connectivity index (χ3n) is 2.86. The van der Waals surface area contributed by atoms with Crippen molar-refractivity contribution in [2.75, 3.05) is 12.4 Å². The van der Waals surface area contributed by atoms with Gasteiger partial charge >= 0.3 is 0 Å².